The van der Waals surface area contributed by atoms with E-state index in [1.54, 1.807) is 0 Å². The number of benzene rings is 3. The monoisotopic (exact) mass is 283 g/mol. The van der Waals surface area contributed by atoms with Gasteiger partial charge in [0.2, 0.25) is 0 Å². The molecular formula is C20H13NO. The van der Waals surface area contributed by atoms with Gasteiger partial charge in [-0.2, -0.15) is 0 Å². The molecule has 104 valence electrons. The maximum Gasteiger partial charge on any atom is 0.137 e. The second-order valence-corrected chi connectivity index (χ2v) is 5.55. The number of fused-ring (bicyclic) bond motifs is 5. The van der Waals surface area contributed by atoms with Gasteiger partial charge in [-0.3, -0.25) is 0 Å². The lowest BCUT2D eigenvalue weighted by Crippen LogP contribution is -1.75. The summed E-state index contributed by atoms with van der Waals surface area (Å²) in [7, 11) is 0. The van der Waals surface area contributed by atoms with Crippen LogP contribution in [0.3, 0.4) is 0 Å². The highest BCUT2D eigenvalue weighted by Gasteiger charge is 2.12. The molecule has 0 aliphatic heterocycles. The van der Waals surface area contributed by atoms with E-state index in [0.717, 1.165) is 33.1 Å². The maximum atomic E-state index is 5.96. The summed E-state index contributed by atoms with van der Waals surface area (Å²) in [5.74, 6) is 0. The number of aromatic nitrogens is 1. The van der Waals surface area contributed by atoms with Crippen LogP contribution in [0.5, 0.6) is 0 Å². The number of hydrogen-bond acceptors (Lipinski definition) is 1. The molecule has 5 aromatic rings. The summed E-state index contributed by atoms with van der Waals surface area (Å²) in [6.07, 6.45) is 0. The molecule has 0 amide bonds. The van der Waals surface area contributed by atoms with Gasteiger partial charge < -0.3 is 9.40 Å². The van der Waals surface area contributed by atoms with Crippen LogP contribution in [0.1, 0.15) is 0 Å². The minimum Gasteiger partial charge on any atom is -0.456 e. The lowest BCUT2D eigenvalue weighted by molar-refractivity contribution is 0.669. The summed E-state index contributed by atoms with van der Waals surface area (Å²) < 4.78 is 5.96. The van der Waals surface area contributed by atoms with Crippen LogP contribution < -0.4 is 0 Å². The molecule has 3 aromatic carbocycles. The van der Waals surface area contributed by atoms with Crippen LogP contribution in [0, 0.1) is 0 Å². The van der Waals surface area contributed by atoms with Gasteiger partial charge in [0.25, 0.3) is 0 Å². The lowest BCUT2D eigenvalue weighted by atomic mass is 10.1. The summed E-state index contributed by atoms with van der Waals surface area (Å²) in [6, 6.07) is 25.0. The zero-order valence-corrected chi connectivity index (χ0v) is 11.8. The van der Waals surface area contributed by atoms with Crippen molar-refractivity contribution < 1.29 is 4.42 Å². The number of hydrogen-bond donors (Lipinski definition) is 1. The average Bonchev–Trinajstić information content (AvgIpc) is 3.16. The second-order valence-electron chi connectivity index (χ2n) is 5.55. The molecule has 0 bridgehead atoms. The van der Waals surface area contributed by atoms with Gasteiger partial charge in [0.15, 0.2) is 0 Å². The summed E-state index contributed by atoms with van der Waals surface area (Å²) >= 11 is 0. The van der Waals surface area contributed by atoms with Crippen molar-refractivity contribution >= 4 is 32.8 Å². The van der Waals surface area contributed by atoms with Crippen LogP contribution in [0.2, 0.25) is 0 Å². The molecule has 0 atom stereocenters. The van der Waals surface area contributed by atoms with Gasteiger partial charge in [0.1, 0.15) is 11.2 Å². The van der Waals surface area contributed by atoms with Crippen molar-refractivity contribution in [2.75, 3.05) is 0 Å². The lowest BCUT2D eigenvalue weighted by Gasteiger charge is -1.96. The molecule has 1 N–H and O–H groups in total. The summed E-state index contributed by atoms with van der Waals surface area (Å²) in [5.41, 5.74) is 5.32. The Morgan fingerprint density at radius 3 is 2.45 bits per heavy atom. The van der Waals surface area contributed by atoms with Crippen LogP contribution in [0.25, 0.3) is 44.1 Å². The highest BCUT2D eigenvalue weighted by Crippen LogP contribution is 2.35. The molecular weight excluding hydrogens is 270 g/mol. The SMILES string of the molecule is c1ccc(-c2cc3ccc4oc5ccccc5c4c3[nH]2)cc1. The number of aromatic amines is 1. The molecule has 22 heavy (non-hydrogen) atoms. The molecule has 2 nitrogen and oxygen atoms in total. The first-order chi connectivity index (χ1) is 10.9. The van der Waals surface area contributed by atoms with Crippen LogP contribution in [-0.2, 0) is 0 Å². The minimum atomic E-state index is 0.926. The van der Waals surface area contributed by atoms with Gasteiger partial charge in [-0.05, 0) is 29.8 Å². The van der Waals surface area contributed by atoms with E-state index in [4.69, 9.17) is 4.42 Å². The van der Waals surface area contributed by atoms with E-state index in [-0.39, 0.29) is 0 Å². The van der Waals surface area contributed by atoms with E-state index in [1.807, 2.05) is 18.2 Å². The molecule has 2 heterocycles. The van der Waals surface area contributed by atoms with Crippen molar-refractivity contribution in [1.29, 1.82) is 0 Å². The van der Waals surface area contributed by atoms with Crippen LogP contribution in [0.15, 0.2) is 77.2 Å². The van der Waals surface area contributed by atoms with Gasteiger partial charge in [-0.1, -0.05) is 48.5 Å². The fourth-order valence-corrected chi connectivity index (χ4v) is 3.19. The zero-order valence-electron chi connectivity index (χ0n) is 11.8. The van der Waals surface area contributed by atoms with Crippen molar-refractivity contribution in [3.63, 3.8) is 0 Å². The minimum absolute atomic E-state index is 0.926. The fourth-order valence-electron chi connectivity index (χ4n) is 3.19. The smallest absolute Gasteiger partial charge is 0.137 e. The fraction of sp³-hybridized carbons (Fsp3) is 0. The number of rotatable bonds is 1. The van der Waals surface area contributed by atoms with E-state index >= 15 is 0 Å². The second kappa shape index (κ2) is 4.25. The molecule has 0 spiro atoms. The Morgan fingerprint density at radius 1 is 0.727 bits per heavy atom. The quantitative estimate of drug-likeness (QED) is 0.418. The third-order valence-electron chi connectivity index (χ3n) is 4.22. The molecule has 0 saturated heterocycles. The predicted molar refractivity (Wildman–Crippen MR) is 91.0 cm³/mol. The molecule has 2 heteroatoms. The van der Waals surface area contributed by atoms with E-state index in [9.17, 15) is 0 Å². The highest BCUT2D eigenvalue weighted by molar-refractivity contribution is 6.18. The Balaban J connectivity index is 1.90. The first kappa shape index (κ1) is 11.6. The van der Waals surface area contributed by atoms with Gasteiger partial charge >= 0.3 is 0 Å². The van der Waals surface area contributed by atoms with Crippen molar-refractivity contribution in [2.45, 2.75) is 0 Å². The largest absolute Gasteiger partial charge is 0.456 e. The maximum absolute atomic E-state index is 5.96. The van der Waals surface area contributed by atoms with Gasteiger partial charge in [-0.15, -0.1) is 0 Å². The van der Waals surface area contributed by atoms with Crippen molar-refractivity contribution in [3.05, 3.63) is 72.8 Å². The van der Waals surface area contributed by atoms with Crippen LogP contribution in [0.4, 0.5) is 0 Å². The first-order valence-corrected chi connectivity index (χ1v) is 7.38. The average molecular weight is 283 g/mol. The topological polar surface area (TPSA) is 28.9 Å². The molecule has 5 rings (SSSR count). The Labute approximate surface area is 127 Å². The molecule has 2 aromatic heterocycles. The number of nitrogens with one attached hydrogen (secondary N) is 1. The van der Waals surface area contributed by atoms with E-state index in [1.165, 1.54) is 10.9 Å². The third-order valence-corrected chi connectivity index (χ3v) is 4.22. The van der Waals surface area contributed by atoms with Crippen molar-refractivity contribution in [3.8, 4) is 11.3 Å². The predicted octanol–water partition coefficient (Wildman–Crippen LogP) is 5.73. The molecule has 0 fully saturated rings. The molecule has 0 radical (unpaired) electrons. The molecule has 0 aliphatic rings. The van der Waals surface area contributed by atoms with E-state index in [2.05, 4.69) is 59.6 Å². The first-order valence-electron chi connectivity index (χ1n) is 7.38. The van der Waals surface area contributed by atoms with Gasteiger partial charge in [0, 0.05) is 16.5 Å². The van der Waals surface area contributed by atoms with Crippen LogP contribution in [-0.4, -0.2) is 4.98 Å². The Bertz CT molecular complexity index is 1120. The molecule has 0 unspecified atom stereocenters. The number of furan rings is 1. The molecule has 0 saturated carbocycles. The summed E-state index contributed by atoms with van der Waals surface area (Å²) in [6.45, 7) is 0. The summed E-state index contributed by atoms with van der Waals surface area (Å²) in [5, 5.41) is 3.53. The number of H-pyrrole nitrogens is 1. The third kappa shape index (κ3) is 1.55. The highest BCUT2D eigenvalue weighted by atomic mass is 16.3. The number of para-hydroxylation sites is 1. The zero-order chi connectivity index (χ0) is 14.5. The Kier molecular flexibility index (Phi) is 2.25. The van der Waals surface area contributed by atoms with Crippen molar-refractivity contribution in [1.82, 2.24) is 4.98 Å². The van der Waals surface area contributed by atoms with Gasteiger partial charge in [-0.25, -0.2) is 0 Å². The molecule has 0 aliphatic carbocycles. The normalized spacial score (nSPS) is 11.6. The Hall–Kier alpha value is -3.00. The van der Waals surface area contributed by atoms with Crippen LogP contribution >= 0.6 is 0 Å². The van der Waals surface area contributed by atoms with E-state index < -0.39 is 0 Å². The Morgan fingerprint density at radius 2 is 1.55 bits per heavy atom. The summed E-state index contributed by atoms with van der Waals surface area (Å²) in [4.78, 5) is 3.57. The standard InChI is InChI=1S/C20H13NO/c1-2-6-13(7-3-1)16-12-14-10-11-18-19(20(14)21-16)15-8-4-5-9-17(15)22-18/h1-12,21H. The van der Waals surface area contributed by atoms with Gasteiger partial charge in [0.05, 0.1) is 10.9 Å². The van der Waals surface area contributed by atoms with E-state index in [0.29, 0.717) is 0 Å². The van der Waals surface area contributed by atoms with Crippen molar-refractivity contribution in [2.24, 2.45) is 0 Å².